The molecule has 1 saturated heterocycles. The summed E-state index contributed by atoms with van der Waals surface area (Å²) in [6.07, 6.45) is 2.88. The molecule has 0 spiro atoms. The molecule has 2 rings (SSSR count). The molecule has 0 atom stereocenters. The number of aliphatic imine (C=N–C) groups is 1. The molecule has 1 heterocycles. The van der Waals surface area contributed by atoms with Gasteiger partial charge >= 0.3 is 5.69 Å². The molecule has 0 aliphatic carbocycles. The zero-order valence-electron chi connectivity index (χ0n) is 12.3. The number of halogens is 1. The lowest BCUT2D eigenvalue weighted by Gasteiger charge is -2.28. The van der Waals surface area contributed by atoms with Crippen LogP contribution in [0, 0.1) is 20.2 Å². The lowest BCUT2D eigenvalue weighted by molar-refractivity contribution is -0.393. The number of hydrogen-bond donors (Lipinski definition) is 1. The first-order chi connectivity index (χ1) is 10.9. The fourth-order valence-corrected chi connectivity index (χ4v) is 2.57. The van der Waals surface area contributed by atoms with Gasteiger partial charge in [0.05, 0.1) is 21.8 Å². The van der Waals surface area contributed by atoms with Gasteiger partial charge in [0.25, 0.3) is 5.69 Å². The van der Waals surface area contributed by atoms with Crippen LogP contribution in [0.5, 0.6) is 0 Å². The summed E-state index contributed by atoms with van der Waals surface area (Å²) in [5.74, 6) is -0.0825. The Bertz CT molecular complexity index is 658. The van der Waals surface area contributed by atoms with Crippen molar-refractivity contribution >= 4 is 40.2 Å². The van der Waals surface area contributed by atoms with E-state index in [4.69, 9.17) is 17.3 Å². The van der Waals surface area contributed by atoms with Crippen molar-refractivity contribution in [3.05, 3.63) is 32.4 Å². The highest BCUT2D eigenvalue weighted by Crippen LogP contribution is 2.40. The fourth-order valence-electron chi connectivity index (χ4n) is 2.51. The molecule has 1 aliphatic rings. The van der Waals surface area contributed by atoms with Gasteiger partial charge in [0.1, 0.15) is 17.2 Å². The van der Waals surface area contributed by atoms with Gasteiger partial charge in [-0.2, -0.15) is 0 Å². The smallest absolute Gasteiger partial charge is 0.301 e. The number of nitrogens with two attached hydrogens (primary N) is 1. The Hall–Kier alpha value is -2.42. The Labute approximate surface area is 137 Å². The van der Waals surface area contributed by atoms with E-state index in [0.29, 0.717) is 18.8 Å². The third kappa shape index (κ3) is 3.86. The molecule has 0 unspecified atom stereocenters. The Balaban J connectivity index is 2.61. The number of rotatable bonds is 5. The topological polar surface area (TPSA) is 128 Å². The number of benzene rings is 1. The minimum atomic E-state index is -0.715. The fraction of sp³-hybridized carbons (Fsp3) is 0.462. The van der Waals surface area contributed by atoms with Crippen LogP contribution in [0.4, 0.5) is 22.7 Å². The molecular weight excluding hydrogens is 326 g/mol. The molecule has 0 amide bonds. The van der Waals surface area contributed by atoms with E-state index < -0.39 is 15.5 Å². The molecule has 1 aromatic carbocycles. The zero-order valence-corrected chi connectivity index (χ0v) is 13.0. The van der Waals surface area contributed by atoms with Crippen molar-refractivity contribution in [3.63, 3.8) is 0 Å². The highest BCUT2D eigenvalue weighted by molar-refractivity contribution is 6.28. The van der Waals surface area contributed by atoms with Crippen LogP contribution in [0.1, 0.15) is 19.3 Å². The molecule has 23 heavy (non-hydrogen) atoms. The van der Waals surface area contributed by atoms with Gasteiger partial charge in [0.2, 0.25) is 0 Å². The molecule has 0 saturated carbocycles. The number of nitrogens with zero attached hydrogens (tertiary/aromatic N) is 4. The molecule has 10 heteroatoms. The maximum Gasteiger partial charge on any atom is 0.301 e. The Kier molecular flexibility index (Phi) is 5.32. The second-order valence-electron chi connectivity index (χ2n) is 5.13. The number of nitro groups is 2. The number of alkyl halides is 1. The van der Waals surface area contributed by atoms with Crippen LogP contribution in [0.2, 0.25) is 0 Å². The number of anilines is 1. The van der Waals surface area contributed by atoms with Crippen LogP contribution < -0.4 is 10.6 Å². The normalized spacial score (nSPS) is 15.5. The lowest BCUT2D eigenvalue weighted by atomic mass is 10.1. The molecule has 1 aromatic rings. The second-order valence-corrected chi connectivity index (χ2v) is 5.40. The Morgan fingerprint density at radius 2 is 1.78 bits per heavy atom. The summed E-state index contributed by atoms with van der Waals surface area (Å²) in [7, 11) is 0. The molecular formula is C13H16ClN5O4. The summed E-state index contributed by atoms with van der Waals surface area (Å²) < 4.78 is 0. The minimum Gasteiger partial charge on any atom is -0.386 e. The van der Waals surface area contributed by atoms with Gasteiger partial charge in [0, 0.05) is 19.2 Å². The summed E-state index contributed by atoms with van der Waals surface area (Å²) >= 11 is 5.56. The van der Waals surface area contributed by atoms with Gasteiger partial charge in [-0.15, -0.1) is 11.6 Å². The summed E-state index contributed by atoms with van der Waals surface area (Å²) in [6.45, 7) is 1.32. The molecule has 2 N–H and O–H groups in total. The average molecular weight is 342 g/mol. The number of amidine groups is 1. The first kappa shape index (κ1) is 16.9. The van der Waals surface area contributed by atoms with Crippen LogP contribution in [0.15, 0.2) is 17.1 Å². The summed E-state index contributed by atoms with van der Waals surface area (Å²) in [5, 5.41) is 22.5. The minimum absolute atomic E-state index is 0.00761. The van der Waals surface area contributed by atoms with Crippen LogP contribution in [-0.4, -0.2) is 34.7 Å². The predicted molar refractivity (Wildman–Crippen MR) is 87.8 cm³/mol. The monoisotopic (exact) mass is 341 g/mol. The van der Waals surface area contributed by atoms with E-state index in [-0.39, 0.29) is 23.1 Å². The summed E-state index contributed by atoms with van der Waals surface area (Å²) in [4.78, 5) is 26.9. The molecule has 0 radical (unpaired) electrons. The van der Waals surface area contributed by atoms with E-state index in [1.54, 1.807) is 0 Å². The molecule has 0 bridgehead atoms. The van der Waals surface area contributed by atoms with Crippen LogP contribution >= 0.6 is 11.6 Å². The van der Waals surface area contributed by atoms with Crippen LogP contribution in [0.25, 0.3) is 0 Å². The molecule has 0 aromatic heterocycles. The quantitative estimate of drug-likeness (QED) is 0.288. The largest absolute Gasteiger partial charge is 0.386 e. The van der Waals surface area contributed by atoms with Gasteiger partial charge in [-0.3, -0.25) is 20.2 Å². The summed E-state index contributed by atoms with van der Waals surface area (Å²) in [6, 6.07) is 2.28. The van der Waals surface area contributed by atoms with Crippen molar-refractivity contribution in [1.82, 2.24) is 0 Å². The van der Waals surface area contributed by atoms with E-state index in [9.17, 15) is 20.2 Å². The molecule has 1 fully saturated rings. The maximum atomic E-state index is 11.3. The first-order valence-corrected chi connectivity index (χ1v) is 7.58. The van der Waals surface area contributed by atoms with Crippen molar-refractivity contribution < 1.29 is 9.85 Å². The van der Waals surface area contributed by atoms with Gasteiger partial charge in [-0.1, -0.05) is 0 Å². The van der Waals surface area contributed by atoms with Gasteiger partial charge in [-0.25, -0.2) is 4.99 Å². The Morgan fingerprint density at radius 1 is 1.17 bits per heavy atom. The second kappa shape index (κ2) is 7.23. The van der Waals surface area contributed by atoms with Crippen molar-refractivity contribution in [2.75, 3.05) is 23.9 Å². The van der Waals surface area contributed by atoms with Gasteiger partial charge in [-0.05, 0) is 19.3 Å². The standard InChI is InChI=1S/C13H16ClN5O4/c14-8-13(15)16-9-6-11(17-4-2-1-3-5-17)12(19(22)23)7-10(9)18(20)21/h6-7H,1-5,8H2,(H2,15,16). The molecule has 1 aliphatic heterocycles. The number of piperidine rings is 1. The van der Waals surface area contributed by atoms with E-state index in [2.05, 4.69) is 4.99 Å². The predicted octanol–water partition coefficient (Wildman–Crippen LogP) is 2.72. The van der Waals surface area contributed by atoms with E-state index in [1.807, 2.05) is 4.90 Å². The highest BCUT2D eigenvalue weighted by Gasteiger charge is 2.28. The molecule has 9 nitrogen and oxygen atoms in total. The third-order valence-electron chi connectivity index (χ3n) is 3.56. The van der Waals surface area contributed by atoms with Crippen molar-refractivity contribution in [1.29, 1.82) is 0 Å². The first-order valence-electron chi connectivity index (χ1n) is 7.04. The van der Waals surface area contributed by atoms with Crippen LogP contribution in [-0.2, 0) is 0 Å². The van der Waals surface area contributed by atoms with E-state index in [1.165, 1.54) is 6.07 Å². The SMILES string of the molecule is NC(CCl)=Nc1cc(N2CCCCC2)c([N+](=O)[O-])cc1[N+](=O)[O-]. The number of hydrogen-bond acceptors (Lipinski definition) is 6. The van der Waals surface area contributed by atoms with Gasteiger partial charge < -0.3 is 10.6 Å². The highest BCUT2D eigenvalue weighted by atomic mass is 35.5. The summed E-state index contributed by atoms with van der Waals surface area (Å²) in [5.41, 5.74) is 5.07. The van der Waals surface area contributed by atoms with Crippen molar-refractivity contribution in [3.8, 4) is 0 Å². The van der Waals surface area contributed by atoms with E-state index in [0.717, 1.165) is 25.3 Å². The average Bonchev–Trinajstić information content (AvgIpc) is 2.54. The molecule has 124 valence electrons. The maximum absolute atomic E-state index is 11.3. The zero-order chi connectivity index (χ0) is 17.0. The van der Waals surface area contributed by atoms with E-state index >= 15 is 0 Å². The number of nitro benzene ring substituents is 2. The third-order valence-corrected chi connectivity index (χ3v) is 3.84. The lowest BCUT2D eigenvalue weighted by Crippen LogP contribution is -2.30. The van der Waals surface area contributed by atoms with Crippen molar-refractivity contribution in [2.24, 2.45) is 10.7 Å². The Morgan fingerprint density at radius 3 is 2.30 bits per heavy atom. The van der Waals surface area contributed by atoms with Crippen LogP contribution in [0.3, 0.4) is 0 Å². The van der Waals surface area contributed by atoms with Gasteiger partial charge in [0.15, 0.2) is 0 Å². The van der Waals surface area contributed by atoms with Crippen molar-refractivity contribution in [2.45, 2.75) is 19.3 Å².